The van der Waals surface area contributed by atoms with Crippen molar-refractivity contribution in [2.24, 2.45) is 0 Å². The first-order valence-electron chi connectivity index (χ1n) is 3.70. The zero-order valence-corrected chi connectivity index (χ0v) is 8.74. The predicted octanol–water partition coefficient (Wildman–Crippen LogP) is 3.13. The monoisotopic (exact) mass is 194 g/mol. The molecule has 0 aromatic carbocycles. The Balaban J connectivity index is 3.07. The van der Waals surface area contributed by atoms with Crippen LogP contribution in [-0.2, 0) is 0 Å². The summed E-state index contributed by atoms with van der Waals surface area (Å²) < 4.78 is 0.613. The number of unbranched alkanes of at least 4 members (excludes halogenated alkanes) is 1. The molecule has 0 unspecified atom stereocenters. The van der Waals surface area contributed by atoms with E-state index in [0.717, 1.165) is 15.0 Å². The van der Waals surface area contributed by atoms with Crippen molar-refractivity contribution in [1.82, 2.24) is 0 Å². The quantitative estimate of drug-likeness (QED) is 0.477. The fourth-order valence-corrected chi connectivity index (χ4v) is 2.72. The van der Waals surface area contributed by atoms with Gasteiger partial charge in [0.05, 0.1) is 0 Å². The molecule has 0 aliphatic carbocycles. The fraction of sp³-hybridized carbons (Fsp3) is 1.00. The van der Waals surface area contributed by atoms with Gasteiger partial charge >= 0.3 is 65.1 Å². The van der Waals surface area contributed by atoms with Gasteiger partial charge in [0.1, 0.15) is 0 Å². The molecule has 0 saturated carbocycles. The Morgan fingerprint density at radius 3 is 2.11 bits per heavy atom. The Labute approximate surface area is 65.6 Å². The molecule has 0 atom stereocenters. The number of hydrogen-bond acceptors (Lipinski definition) is 0. The van der Waals surface area contributed by atoms with Crippen LogP contribution in [0, 0.1) is 0 Å². The molecule has 0 aromatic rings. The van der Waals surface area contributed by atoms with Crippen molar-refractivity contribution in [2.75, 3.05) is 0 Å². The van der Waals surface area contributed by atoms with Crippen molar-refractivity contribution in [3.63, 3.8) is 0 Å². The minimum absolute atomic E-state index is 0.613. The first kappa shape index (κ1) is 9.52. The first-order valence-corrected chi connectivity index (χ1v) is 5.77. The SMILES string of the molecule is CCCC[Se]C(C)(C)C. The van der Waals surface area contributed by atoms with Crippen LogP contribution in [0.3, 0.4) is 0 Å². The molecule has 1 heteroatoms. The molecule has 0 saturated heterocycles. The van der Waals surface area contributed by atoms with Crippen LogP contribution in [0.1, 0.15) is 40.5 Å². The maximum atomic E-state index is 2.34. The summed E-state index contributed by atoms with van der Waals surface area (Å²) in [6.07, 6.45) is 2.79. The normalized spacial score (nSPS) is 12.0. The number of rotatable bonds is 3. The summed E-state index contributed by atoms with van der Waals surface area (Å²) in [7, 11) is 0. The molecule has 0 nitrogen and oxygen atoms in total. The van der Waals surface area contributed by atoms with E-state index in [1.807, 2.05) is 0 Å². The molecule has 0 heterocycles. The summed E-state index contributed by atoms with van der Waals surface area (Å²) in [5.41, 5.74) is 0. The van der Waals surface area contributed by atoms with E-state index in [9.17, 15) is 0 Å². The van der Waals surface area contributed by atoms with Gasteiger partial charge in [-0.25, -0.2) is 0 Å². The summed E-state index contributed by atoms with van der Waals surface area (Å²) >= 11 is 0.864. The van der Waals surface area contributed by atoms with Gasteiger partial charge in [0.25, 0.3) is 0 Å². The molecule has 0 radical (unpaired) electrons. The van der Waals surface area contributed by atoms with E-state index in [1.165, 1.54) is 18.2 Å². The second kappa shape index (κ2) is 4.35. The molecule has 0 amide bonds. The molecule has 0 N–H and O–H groups in total. The average molecular weight is 193 g/mol. The van der Waals surface area contributed by atoms with E-state index in [1.54, 1.807) is 0 Å². The molecule has 0 aromatic heterocycles. The van der Waals surface area contributed by atoms with Crippen molar-refractivity contribution in [1.29, 1.82) is 0 Å². The maximum absolute atomic E-state index is 2.34. The molecule has 0 bridgehead atoms. The van der Waals surface area contributed by atoms with E-state index >= 15 is 0 Å². The van der Waals surface area contributed by atoms with E-state index in [-0.39, 0.29) is 0 Å². The van der Waals surface area contributed by atoms with Crippen LogP contribution >= 0.6 is 0 Å². The van der Waals surface area contributed by atoms with Gasteiger partial charge in [0.2, 0.25) is 0 Å². The van der Waals surface area contributed by atoms with Crippen LogP contribution in [0.5, 0.6) is 0 Å². The fourth-order valence-electron chi connectivity index (χ4n) is 0.523. The summed E-state index contributed by atoms with van der Waals surface area (Å²) in [5.74, 6) is 0. The van der Waals surface area contributed by atoms with Crippen molar-refractivity contribution >= 4 is 15.0 Å². The Bertz CT molecular complexity index is 61.5. The molecule has 0 rings (SSSR count). The van der Waals surface area contributed by atoms with Crippen molar-refractivity contribution in [3.8, 4) is 0 Å². The molecule has 0 fully saturated rings. The summed E-state index contributed by atoms with van der Waals surface area (Å²) in [5, 5.41) is 1.47. The first-order chi connectivity index (χ1) is 4.06. The zero-order valence-electron chi connectivity index (χ0n) is 7.03. The third-order valence-electron chi connectivity index (χ3n) is 1.03. The van der Waals surface area contributed by atoms with Crippen LogP contribution in [0.2, 0.25) is 9.63 Å². The van der Waals surface area contributed by atoms with Gasteiger partial charge in [-0.1, -0.05) is 0 Å². The minimum atomic E-state index is 0.613. The van der Waals surface area contributed by atoms with Crippen LogP contribution < -0.4 is 0 Å². The van der Waals surface area contributed by atoms with Crippen molar-refractivity contribution in [2.45, 2.75) is 50.2 Å². The van der Waals surface area contributed by atoms with Gasteiger partial charge in [-0.15, -0.1) is 0 Å². The summed E-state index contributed by atoms with van der Waals surface area (Å²) in [6.45, 7) is 9.27. The molecular weight excluding hydrogens is 175 g/mol. The molecule has 56 valence electrons. The second-order valence-corrected chi connectivity index (χ2v) is 7.35. The molecule has 0 aliphatic heterocycles. The van der Waals surface area contributed by atoms with Gasteiger partial charge < -0.3 is 0 Å². The Kier molecular flexibility index (Phi) is 4.60. The van der Waals surface area contributed by atoms with Crippen molar-refractivity contribution in [3.05, 3.63) is 0 Å². The zero-order chi connectivity index (χ0) is 7.33. The summed E-state index contributed by atoms with van der Waals surface area (Å²) in [4.78, 5) is 0. The number of hydrogen-bond donors (Lipinski definition) is 0. The standard InChI is InChI=1S/C8H18Se/c1-5-6-7-9-8(2,3)4/h5-7H2,1-4H3. The van der Waals surface area contributed by atoms with Gasteiger partial charge in [-0.2, -0.15) is 0 Å². The van der Waals surface area contributed by atoms with Gasteiger partial charge in [0.15, 0.2) is 0 Å². The van der Waals surface area contributed by atoms with Crippen molar-refractivity contribution < 1.29 is 0 Å². The Morgan fingerprint density at radius 1 is 1.22 bits per heavy atom. The molecule has 9 heavy (non-hydrogen) atoms. The Hall–Kier alpha value is 0.519. The summed E-state index contributed by atoms with van der Waals surface area (Å²) in [6, 6.07) is 0. The van der Waals surface area contributed by atoms with E-state index in [4.69, 9.17) is 0 Å². The second-order valence-electron chi connectivity index (χ2n) is 3.31. The van der Waals surface area contributed by atoms with E-state index in [0.29, 0.717) is 4.31 Å². The third-order valence-corrected chi connectivity index (χ3v) is 3.88. The van der Waals surface area contributed by atoms with Crippen LogP contribution in [0.25, 0.3) is 0 Å². The van der Waals surface area contributed by atoms with Gasteiger partial charge in [-0.05, 0) is 0 Å². The Morgan fingerprint density at radius 2 is 1.78 bits per heavy atom. The molecular formula is C8H18Se. The van der Waals surface area contributed by atoms with E-state index in [2.05, 4.69) is 27.7 Å². The van der Waals surface area contributed by atoms with Crippen LogP contribution in [0.4, 0.5) is 0 Å². The van der Waals surface area contributed by atoms with Gasteiger partial charge in [0, 0.05) is 0 Å². The van der Waals surface area contributed by atoms with E-state index < -0.39 is 0 Å². The molecule has 0 spiro atoms. The predicted molar refractivity (Wildman–Crippen MR) is 45.2 cm³/mol. The third kappa shape index (κ3) is 8.52. The van der Waals surface area contributed by atoms with Gasteiger partial charge in [-0.3, -0.25) is 0 Å². The average Bonchev–Trinajstić information content (AvgIpc) is 1.63. The van der Waals surface area contributed by atoms with Crippen LogP contribution in [-0.4, -0.2) is 15.0 Å². The van der Waals surface area contributed by atoms with Crippen LogP contribution in [0.15, 0.2) is 0 Å². The topological polar surface area (TPSA) is 0 Å². The molecule has 0 aliphatic rings.